The lowest BCUT2D eigenvalue weighted by molar-refractivity contribution is 0.0692. The minimum absolute atomic E-state index is 0.0261. The Kier molecular flexibility index (Phi) is 3.78. The summed E-state index contributed by atoms with van der Waals surface area (Å²) in [6.07, 6.45) is 0. The first-order valence-corrected chi connectivity index (χ1v) is 7.72. The summed E-state index contributed by atoms with van der Waals surface area (Å²) in [6.45, 7) is 5.36. The van der Waals surface area contributed by atoms with Gasteiger partial charge in [-0.15, -0.1) is 0 Å². The van der Waals surface area contributed by atoms with Crippen LogP contribution in [0, 0.1) is 20.8 Å². The lowest BCUT2D eigenvalue weighted by Gasteiger charge is -2.09. The van der Waals surface area contributed by atoms with Gasteiger partial charge >= 0.3 is 5.97 Å². The van der Waals surface area contributed by atoms with Gasteiger partial charge in [-0.1, -0.05) is 6.07 Å². The Hall–Kier alpha value is -2.28. The Morgan fingerprint density at radius 1 is 1.14 bits per heavy atom. The monoisotopic (exact) mass is 308 g/mol. The first-order valence-electron chi connectivity index (χ1n) is 6.23. The van der Waals surface area contributed by atoms with Crippen molar-refractivity contribution in [2.24, 2.45) is 0 Å². The summed E-state index contributed by atoms with van der Waals surface area (Å²) >= 11 is 0. The fourth-order valence-electron chi connectivity index (χ4n) is 1.92. The third kappa shape index (κ3) is 3.08. The number of carbonyl (C=O) groups is 1. The predicted molar refractivity (Wildman–Crippen MR) is 79.2 cm³/mol. The van der Waals surface area contributed by atoms with Gasteiger partial charge in [0.25, 0.3) is 10.0 Å². The van der Waals surface area contributed by atoms with Gasteiger partial charge in [0.15, 0.2) is 0 Å². The van der Waals surface area contributed by atoms with Gasteiger partial charge in [-0.05, 0) is 50.1 Å². The number of hydrogen-bond donors (Lipinski definition) is 3. The van der Waals surface area contributed by atoms with E-state index in [1.807, 2.05) is 13.8 Å². The Morgan fingerprint density at radius 3 is 2.38 bits per heavy atom. The molecule has 21 heavy (non-hydrogen) atoms. The zero-order valence-electron chi connectivity index (χ0n) is 11.9. The summed E-state index contributed by atoms with van der Waals surface area (Å²) < 4.78 is 27.0. The van der Waals surface area contributed by atoms with Crippen LogP contribution < -0.4 is 4.72 Å². The van der Waals surface area contributed by atoms with Crippen molar-refractivity contribution in [3.8, 4) is 0 Å². The van der Waals surface area contributed by atoms with Crippen LogP contribution in [0.4, 0.5) is 5.69 Å². The molecule has 0 saturated carbocycles. The van der Waals surface area contributed by atoms with E-state index in [9.17, 15) is 13.2 Å². The minimum atomic E-state index is -3.83. The number of carboxylic acids is 1. The SMILES string of the molecule is Cc1cc(NS(=O)(=O)c2ccc(C)c(C)c2)c(C(=O)O)[nH]1. The van der Waals surface area contributed by atoms with Gasteiger partial charge in [0.1, 0.15) is 5.69 Å². The molecule has 0 saturated heterocycles. The molecule has 112 valence electrons. The number of nitrogens with one attached hydrogen (secondary N) is 2. The van der Waals surface area contributed by atoms with E-state index < -0.39 is 16.0 Å². The number of aromatic amines is 1. The number of benzene rings is 1. The molecule has 0 amide bonds. The van der Waals surface area contributed by atoms with Crippen molar-refractivity contribution in [2.45, 2.75) is 25.7 Å². The quantitative estimate of drug-likeness (QED) is 0.807. The maximum Gasteiger partial charge on any atom is 0.354 e. The van der Waals surface area contributed by atoms with E-state index in [0.29, 0.717) is 5.69 Å². The highest BCUT2D eigenvalue weighted by Crippen LogP contribution is 2.22. The van der Waals surface area contributed by atoms with Crippen molar-refractivity contribution >= 4 is 21.7 Å². The van der Waals surface area contributed by atoms with E-state index in [0.717, 1.165) is 11.1 Å². The Labute approximate surface area is 122 Å². The zero-order valence-corrected chi connectivity index (χ0v) is 12.7. The average molecular weight is 308 g/mol. The molecule has 2 aromatic rings. The van der Waals surface area contributed by atoms with Gasteiger partial charge in [0.2, 0.25) is 0 Å². The molecule has 0 unspecified atom stereocenters. The van der Waals surface area contributed by atoms with Crippen LogP contribution >= 0.6 is 0 Å². The number of aryl methyl sites for hydroxylation is 3. The van der Waals surface area contributed by atoms with E-state index in [2.05, 4.69) is 9.71 Å². The lowest BCUT2D eigenvalue weighted by atomic mass is 10.1. The minimum Gasteiger partial charge on any atom is -0.477 e. The molecule has 1 aromatic heterocycles. The van der Waals surface area contributed by atoms with E-state index in [1.165, 1.54) is 12.1 Å². The first kappa shape index (κ1) is 15.1. The Balaban J connectivity index is 2.42. The van der Waals surface area contributed by atoms with Crippen LogP contribution in [-0.4, -0.2) is 24.5 Å². The summed E-state index contributed by atoms with van der Waals surface area (Å²) in [4.78, 5) is 13.8. The molecular weight excluding hydrogens is 292 g/mol. The van der Waals surface area contributed by atoms with Gasteiger partial charge in [-0.3, -0.25) is 4.72 Å². The van der Waals surface area contributed by atoms with Crippen LogP contribution in [-0.2, 0) is 10.0 Å². The standard InChI is InChI=1S/C14H16N2O4S/c1-8-4-5-11(6-9(8)2)21(19,20)16-12-7-10(3)15-13(12)14(17)18/h4-7,15-16H,1-3H3,(H,17,18). The fraction of sp³-hybridized carbons (Fsp3) is 0.214. The molecule has 1 heterocycles. The van der Waals surface area contributed by atoms with E-state index in [4.69, 9.17) is 5.11 Å². The van der Waals surface area contributed by atoms with E-state index in [-0.39, 0.29) is 16.3 Å². The molecule has 0 aliphatic rings. The smallest absolute Gasteiger partial charge is 0.354 e. The summed E-state index contributed by atoms with van der Waals surface area (Å²) in [5.74, 6) is -1.22. The summed E-state index contributed by atoms with van der Waals surface area (Å²) in [7, 11) is -3.83. The lowest BCUT2D eigenvalue weighted by Crippen LogP contribution is -2.15. The van der Waals surface area contributed by atoms with Crippen LogP contribution in [0.1, 0.15) is 27.3 Å². The number of hydrogen-bond acceptors (Lipinski definition) is 3. The fourth-order valence-corrected chi connectivity index (χ4v) is 3.07. The largest absolute Gasteiger partial charge is 0.477 e. The summed E-state index contributed by atoms with van der Waals surface area (Å²) in [5, 5.41) is 9.06. The second kappa shape index (κ2) is 5.25. The Morgan fingerprint density at radius 2 is 1.81 bits per heavy atom. The van der Waals surface area contributed by atoms with Crippen LogP contribution in [0.25, 0.3) is 0 Å². The highest BCUT2D eigenvalue weighted by atomic mass is 32.2. The third-order valence-corrected chi connectivity index (χ3v) is 4.56. The molecule has 0 radical (unpaired) electrons. The number of sulfonamides is 1. The van der Waals surface area contributed by atoms with Crippen LogP contribution in [0.15, 0.2) is 29.2 Å². The van der Waals surface area contributed by atoms with Crippen molar-refractivity contribution in [3.05, 3.63) is 46.8 Å². The Bertz CT molecular complexity index is 806. The molecule has 0 bridgehead atoms. The highest BCUT2D eigenvalue weighted by Gasteiger charge is 2.20. The predicted octanol–water partition coefficient (Wildman–Crippen LogP) is 2.44. The molecule has 0 aliphatic carbocycles. The number of anilines is 1. The van der Waals surface area contributed by atoms with Gasteiger partial charge in [0, 0.05) is 5.69 Å². The average Bonchev–Trinajstić information content (AvgIpc) is 2.73. The van der Waals surface area contributed by atoms with Crippen molar-refractivity contribution in [2.75, 3.05) is 4.72 Å². The van der Waals surface area contributed by atoms with Gasteiger partial charge in [0.05, 0.1) is 10.6 Å². The molecule has 2 rings (SSSR count). The molecule has 0 aliphatic heterocycles. The number of aromatic carboxylic acids is 1. The topological polar surface area (TPSA) is 99.3 Å². The molecule has 1 aromatic carbocycles. The van der Waals surface area contributed by atoms with E-state index >= 15 is 0 Å². The molecule has 7 heteroatoms. The molecule has 0 fully saturated rings. The highest BCUT2D eigenvalue weighted by molar-refractivity contribution is 7.92. The van der Waals surface area contributed by atoms with Gasteiger partial charge < -0.3 is 10.1 Å². The van der Waals surface area contributed by atoms with Crippen LogP contribution in [0.3, 0.4) is 0 Å². The summed E-state index contributed by atoms with van der Waals surface area (Å²) in [6, 6.07) is 6.20. The third-order valence-electron chi connectivity index (χ3n) is 3.20. The second-order valence-corrected chi connectivity index (χ2v) is 6.58. The second-order valence-electron chi connectivity index (χ2n) is 4.90. The van der Waals surface area contributed by atoms with Crippen molar-refractivity contribution in [1.29, 1.82) is 0 Å². The molecule has 0 spiro atoms. The maximum atomic E-state index is 12.3. The normalized spacial score (nSPS) is 11.4. The first-order chi connectivity index (χ1) is 9.70. The number of aromatic nitrogens is 1. The molecule has 0 atom stereocenters. The molecular formula is C14H16N2O4S. The van der Waals surface area contributed by atoms with Crippen molar-refractivity contribution in [1.82, 2.24) is 4.98 Å². The maximum absolute atomic E-state index is 12.3. The van der Waals surface area contributed by atoms with Crippen LogP contribution in [0.2, 0.25) is 0 Å². The van der Waals surface area contributed by atoms with E-state index in [1.54, 1.807) is 19.1 Å². The number of carboxylic acid groups (broad SMARTS) is 1. The molecule has 6 nitrogen and oxygen atoms in total. The van der Waals surface area contributed by atoms with Gasteiger partial charge in [-0.2, -0.15) is 0 Å². The number of rotatable bonds is 4. The summed E-state index contributed by atoms with van der Waals surface area (Å²) in [5.41, 5.74) is 2.24. The van der Waals surface area contributed by atoms with Crippen molar-refractivity contribution in [3.63, 3.8) is 0 Å². The van der Waals surface area contributed by atoms with Crippen LogP contribution in [0.5, 0.6) is 0 Å². The number of H-pyrrole nitrogens is 1. The van der Waals surface area contributed by atoms with Gasteiger partial charge in [-0.25, -0.2) is 13.2 Å². The van der Waals surface area contributed by atoms with Crippen molar-refractivity contribution < 1.29 is 18.3 Å². The molecule has 3 N–H and O–H groups in total. The zero-order chi connectivity index (χ0) is 15.8.